The first kappa shape index (κ1) is 24.2. The third-order valence-electron chi connectivity index (χ3n) is 6.77. The molecule has 0 radical (unpaired) electrons. The molecule has 0 unspecified atom stereocenters. The highest BCUT2D eigenvalue weighted by molar-refractivity contribution is 5.90. The fourth-order valence-corrected chi connectivity index (χ4v) is 4.68. The Hall–Kier alpha value is -5.13. The third-order valence-corrected chi connectivity index (χ3v) is 6.77. The van der Waals surface area contributed by atoms with E-state index in [1.54, 1.807) is 0 Å². The van der Waals surface area contributed by atoms with Crippen LogP contribution in [0.15, 0.2) is 127 Å². The smallest absolute Gasteiger partial charge is 0.164 e. The van der Waals surface area contributed by atoms with Crippen LogP contribution < -0.4 is 11.3 Å². The fraction of sp³-hybridized carbons (Fsp3) is 0.0294. The molecule has 5 heteroatoms. The van der Waals surface area contributed by atoms with Crippen molar-refractivity contribution in [3.63, 3.8) is 0 Å². The minimum absolute atomic E-state index is 0.644. The van der Waals surface area contributed by atoms with E-state index in [1.165, 1.54) is 5.39 Å². The topological polar surface area (TPSA) is 76.7 Å². The molecule has 3 N–H and O–H groups in total. The number of hydrogen-bond donors (Lipinski definition) is 2. The summed E-state index contributed by atoms with van der Waals surface area (Å²) in [6.07, 6.45) is 1.97. The van der Waals surface area contributed by atoms with Crippen LogP contribution in [0.3, 0.4) is 0 Å². The lowest BCUT2D eigenvalue weighted by Crippen LogP contribution is -2.19. The van der Waals surface area contributed by atoms with Crippen LogP contribution >= 0.6 is 0 Å². The summed E-state index contributed by atoms with van der Waals surface area (Å²) in [5.41, 5.74) is 9.83. The van der Waals surface area contributed by atoms with Gasteiger partial charge in [0, 0.05) is 16.7 Å². The van der Waals surface area contributed by atoms with E-state index in [9.17, 15) is 0 Å². The van der Waals surface area contributed by atoms with E-state index < -0.39 is 0 Å². The van der Waals surface area contributed by atoms with Crippen molar-refractivity contribution in [3.05, 3.63) is 133 Å². The molecule has 0 atom stereocenters. The Morgan fingerprint density at radius 3 is 1.56 bits per heavy atom. The van der Waals surface area contributed by atoms with Crippen molar-refractivity contribution in [3.8, 4) is 45.3 Å². The molecular formula is C34H27N5. The van der Waals surface area contributed by atoms with Gasteiger partial charge in [0.05, 0.1) is 5.70 Å². The molecule has 6 aromatic rings. The summed E-state index contributed by atoms with van der Waals surface area (Å²) in [5, 5.41) is 2.33. The van der Waals surface area contributed by atoms with Crippen molar-refractivity contribution >= 4 is 16.5 Å². The van der Waals surface area contributed by atoms with Crippen LogP contribution in [0, 0.1) is 0 Å². The summed E-state index contributed by atoms with van der Waals surface area (Å²) in [4.78, 5) is 14.5. The first-order valence-corrected chi connectivity index (χ1v) is 12.9. The maximum atomic E-state index is 5.69. The molecule has 0 aliphatic carbocycles. The normalized spacial score (nSPS) is 11.5. The summed E-state index contributed by atoms with van der Waals surface area (Å²) >= 11 is 0. The molecule has 0 spiro atoms. The Balaban J connectivity index is 1.38. The lowest BCUT2D eigenvalue weighted by Gasteiger charge is -2.10. The predicted molar refractivity (Wildman–Crippen MR) is 160 cm³/mol. The van der Waals surface area contributed by atoms with E-state index in [0.717, 1.165) is 44.5 Å². The zero-order valence-electron chi connectivity index (χ0n) is 21.5. The van der Waals surface area contributed by atoms with Gasteiger partial charge in [-0.25, -0.2) is 15.0 Å². The molecule has 0 saturated heterocycles. The largest absolute Gasteiger partial charge is 0.324 e. The van der Waals surface area contributed by atoms with E-state index in [0.29, 0.717) is 17.5 Å². The van der Waals surface area contributed by atoms with Crippen LogP contribution in [0.5, 0.6) is 0 Å². The van der Waals surface area contributed by atoms with E-state index in [1.807, 2.05) is 73.7 Å². The van der Waals surface area contributed by atoms with Gasteiger partial charge in [-0.15, -0.1) is 0 Å². The first-order chi connectivity index (χ1) is 19.2. The van der Waals surface area contributed by atoms with Crippen molar-refractivity contribution in [1.29, 1.82) is 0 Å². The highest BCUT2D eigenvalue weighted by atomic mass is 15.2. The Labute approximate surface area is 227 Å². The molecule has 0 fully saturated rings. The van der Waals surface area contributed by atoms with Gasteiger partial charge in [-0.3, -0.25) is 5.84 Å². The van der Waals surface area contributed by atoms with Gasteiger partial charge in [0.15, 0.2) is 17.5 Å². The molecule has 6 rings (SSSR count). The van der Waals surface area contributed by atoms with E-state index in [-0.39, 0.29) is 0 Å². The number of nitrogens with zero attached hydrogens (tertiary/aromatic N) is 3. The standard InChI is InChI=1S/C34H27N5/c1-2-31(39-35)29-20-16-24-15-19-28(21-30(24)22-29)23-13-17-27(18-14-23)34-37-32(25-9-5-3-6-10-25)36-33(38-34)26-11-7-4-8-12-26/h2-22,39H,35H2,1H3/b31-2-. The van der Waals surface area contributed by atoms with Gasteiger partial charge in [0.25, 0.3) is 0 Å². The SMILES string of the molecule is C/C=C(\NN)c1ccc2ccc(-c3ccc(-c4nc(-c5ccccc5)nc(-c5ccccc5)n4)cc3)cc2c1. The summed E-state index contributed by atoms with van der Waals surface area (Å²) in [6, 6.07) is 41.3. The highest BCUT2D eigenvalue weighted by Crippen LogP contribution is 2.29. The van der Waals surface area contributed by atoms with Crippen LogP contribution in [0.25, 0.3) is 61.8 Å². The number of aromatic nitrogens is 3. The second-order valence-electron chi connectivity index (χ2n) is 9.24. The summed E-state index contributed by atoms with van der Waals surface area (Å²) in [7, 11) is 0. The van der Waals surface area contributed by atoms with E-state index in [4.69, 9.17) is 20.8 Å². The monoisotopic (exact) mass is 505 g/mol. The van der Waals surface area contributed by atoms with Crippen LogP contribution in [0.2, 0.25) is 0 Å². The van der Waals surface area contributed by atoms with Gasteiger partial charge >= 0.3 is 0 Å². The Bertz CT molecular complexity index is 1720. The van der Waals surface area contributed by atoms with E-state index in [2.05, 4.69) is 66.1 Å². The number of rotatable bonds is 6. The Morgan fingerprint density at radius 2 is 1.03 bits per heavy atom. The third kappa shape index (κ3) is 5.04. The minimum atomic E-state index is 0.644. The number of fused-ring (bicyclic) bond motifs is 1. The molecule has 0 saturated carbocycles. The zero-order valence-corrected chi connectivity index (χ0v) is 21.5. The number of nitrogens with one attached hydrogen (secondary N) is 1. The van der Waals surface area contributed by atoms with Gasteiger partial charge in [-0.1, -0.05) is 115 Å². The zero-order chi connectivity index (χ0) is 26.6. The van der Waals surface area contributed by atoms with Gasteiger partial charge in [-0.05, 0) is 46.5 Å². The van der Waals surface area contributed by atoms with Crippen LogP contribution in [0.1, 0.15) is 12.5 Å². The number of hydrazine groups is 1. The molecule has 1 aromatic heterocycles. The van der Waals surface area contributed by atoms with Gasteiger partial charge in [-0.2, -0.15) is 0 Å². The first-order valence-electron chi connectivity index (χ1n) is 12.9. The number of hydrogen-bond acceptors (Lipinski definition) is 5. The molecule has 5 nitrogen and oxygen atoms in total. The molecule has 0 amide bonds. The molecule has 1 heterocycles. The number of allylic oxidation sites excluding steroid dienone is 1. The van der Waals surface area contributed by atoms with Crippen LogP contribution in [-0.2, 0) is 0 Å². The summed E-state index contributed by atoms with van der Waals surface area (Å²) in [6.45, 7) is 1.97. The molecule has 39 heavy (non-hydrogen) atoms. The minimum Gasteiger partial charge on any atom is -0.324 e. The maximum Gasteiger partial charge on any atom is 0.164 e. The number of nitrogens with two attached hydrogens (primary N) is 1. The van der Waals surface area contributed by atoms with Crippen LogP contribution in [0.4, 0.5) is 0 Å². The highest BCUT2D eigenvalue weighted by Gasteiger charge is 2.12. The Kier molecular flexibility index (Phi) is 6.64. The molecule has 0 aliphatic heterocycles. The molecule has 0 aliphatic rings. The van der Waals surface area contributed by atoms with Crippen molar-refractivity contribution in [2.75, 3.05) is 0 Å². The summed E-state index contributed by atoms with van der Waals surface area (Å²) < 4.78 is 0. The Morgan fingerprint density at radius 1 is 0.538 bits per heavy atom. The second-order valence-corrected chi connectivity index (χ2v) is 9.24. The van der Waals surface area contributed by atoms with Crippen molar-refractivity contribution in [2.45, 2.75) is 6.92 Å². The van der Waals surface area contributed by atoms with E-state index >= 15 is 0 Å². The van der Waals surface area contributed by atoms with Gasteiger partial charge in [0.2, 0.25) is 0 Å². The maximum absolute atomic E-state index is 5.69. The predicted octanol–water partition coefficient (Wildman–Crippen LogP) is 7.52. The quantitative estimate of drug-likeness (QED) is 0.181. The average Bonchev–Trinajstić information content (AvgIpc) is 3.02. The van der Waals surface area contributed by atoms with Crippen molar-refractivity contribution in [2.24, 2.45) is 5.84 Å². The van der Waals surface area contributed by atoms with Crippen LogP contribution in [-0.4, -0.2) is 15.0 Å². The lowest BCUT2D eigenvalue weighted by molar-refractivity contribution is 0.990. The lowest BCUT2D eigenvalue weighted by atomic mass is 9.98. The van der Waals surface area contributed by atoms with Crippen molar-refractivity contribution < 1.29 is 0 Å². The van der Waals surface area contributed by atoms with Gasteiger partial charge in [0.1, 0.15) is 0 Å². The number of benzene rings is 5. The molecule has 0 bridgehead atoms. The average molecular weight is 506 g/mol. The van der Waals surface area contributed by atoms with Gasteiger partial charge < -0.3 is 5.43 Å². The summed E-state index contributed by atoms with van der Waals surface area (Å²) in [5.74, 6) is 7.65. The molecule has 188 valence electrons. The van der Waals surface area contributed by atoms with Crippen molar-refractivity contribution in [1.82, 2.24) is 20.4 Å². The molecular weight excluding hydrogens is 478 g/mol. The second kappa shape index (κ2) is 10.7. The molecule has 5 aromatic carbocycles. The fourth-order valence-electron chi connectivity index (χ4n) is 4.68.